The van der Waals surface area contributed by atoms with Crippen LogP contribution in [0.15, 0.2) is 42.5 Å². The van der Waals surface area contributed by atoms with Gasteiger partial charge in [0.05, 0.1) is 10.6 Å². The monoisotopic (exact) mass is 300 g/mol. The average Bonchev–Trinajstić information content (AvgIpc) is 2.68. The number of carbonyl (C=O) groups is 1. The Hall–Kier alpha value is -2.00. The van der Waals surface area contributed by atoms with E-state index in [1.165, 1.54) is 11.1 Å². The first kappa shape index (κ1) is 14.0. The number of rotatable bonds is 1. The molecule has 108 valence electrons. The molecule has 3 rings (SSSR count). The zero-order valence-corrected chi connectivity index (χ0v) is 12.4. The number of anilines is 1. The second-order valence-electron chi connectivity index (χ2n) is 5.34. The molecule has 0 saturated heterocycles. The third kappa shape index (κ3) is 2.88. The van der Waals surface area contributed by atoms with Crippen molar-refractivity contribution in [1.29, 1.82) is 0 Å². The Bertz CT molecular complexity index is 684. The molecule has 0 bridgehead atoms. The minimum atomic E-state index is -0.0308. The lowest BCUT2D eigenvalue weighted by atomic mass is 10.0. The van der Waals surface area contributed by atoms with E-state index in [1.54, 1.807) is 18.2 Å². The Balaban J connectivity index is 1.88. The zero-order chi connectivity index (χ0) is 14.8. The number of nitrogen functional groups attached to an aromatic ring is 1. The number of fused-ring (bicyclic) bond motifs is 1. The van der Waals surface area contributed by atoms with Crippen LogP contribution in [0.1, 0.15) is 27.9 Å². The molecule has 1 aliphatic rings. The number of amides is 1. The Labute approximate surface area is 129 Å². The van der Waals surface area contributed by atoms with Crippen molar-refractivity contribution in [2.45, 2.75) is 19.4 Å². The molecule has 1 aliphatic heterocycles. The van der Waals surface area contributed by atoms with Crippen LogP contribution in [0, 0.1) is 0 Å². The molecule has 0 aliphatic carbocycles. The van der Waals surface area contributed by atoms with E-state index in [1.807, 2.05) is 17.0 Å². The Kier molecular flexibility index (Phi) is 3.84. The summed E-state index contributed by atoms with van der Waals surface area (Å²) in [5.74, 6) is -0.0308. The molecule has 0 saturated carbocycles. The summed E-state index contributed by atoms with van der Waals surface area (Å²) in [5, 5.41) is 0.414. The topological polar surface area (TPSA) is 46.3 Å². The molecule has 1 amide bonds. The third-order valence-corrected chi connectivity index (χ3v) is 4.18. The van der Waals surface area contributed by atoms with Crippen LogP contribution in [0.2, 0.25) is 5.02 Å². The lowest BCUT2D eigenvalue weighted by Gasteiger charge is -2.21. The number of aryl methyl sites for hydroxylation is 1. The van der Waals surface area contributed by atoms with Crippen LogP contribution in [0.4, 0.5) is 5.69 Å². The molecule has 2 N–H and O–H groups in total. The fraction of sp³-hybridized carbons (Fsp3) is 0.235. The molecule has 0 spiro atoms. The highest BCUT2D eigenvalue weighted by atomic mass is 35.5. The molecule has 0 aromatic heterocycles. The summed E-state index contributed by atoms with van der Waals surface area (Å²) in [6, 6.07) is 13.3. The standard InChI is InChI=1S/C17H17ClN2O/c18-16-10-14(19)7-8-15(16)17(21)20-9-3-6-12-4-1-2-5-13(12)11-20/h1-2,4-5,7-8,10H,3,6,9,11,19H2. The van der Waals surface area contributed by atoms with Crippen molar-refractivity contribution >= 4 is 23.2 Å². The van der Waals surface area contributed by atoms with Gasteiger partial charge in [0.1, 0.15) is 0 Å². The van der Waals surface area contributed by atoms with E-state index in [2.05, 4.69) is 12.1 Å². The lowest BCUT2D eigenvalue weighted by molar-refractivity contribution is 0.0746. The number of hydrogen-bond donors (Lipinski definition) is 1. The molecule has 4 heteroatoms. The molecule has 0 fully saturated rings. The quantitative estimate of drug-likeness (QED) is 0.819. The van der Waals surface area contributed by atoms with Crippen LogP contribution in [-0.4, -0.2) is 17.4 Å². The van der Waals surface area contributed by atoms with Crippen LogP contribution < -0.4 is 5.73 Å². The summed E-state index contributed by atoms with van der Waals surface area (Å²) in [6.07, 6.45) is 1.98. The number of halogens is 1. The minimum Gasteiger partial charge on any atom is -0.399 e. The largest absolute Gasteiger partial charge is 0.399 e. The molecule has 0 radical (unpaired) electrons. The van der Waals surface area contributed by atoms with Crippen LogP contribution in [0.25, 0.3) is 0 Å². The normalized spacial score (nSPS) is 14.4. The van der Waals surface area contributed by atoms with E-state index in [-0.39, 0.29) is 5.91 Å². The molecule has 0 unspecified atom stereocenters. The van der Waals surface area contributed by atoms with Gasteiger partial charge in [-0.25, -0.2) is 0 Å². The van der Waals surface area contributed by atoms with E-state index in [9.17, 15) is 4.79 Å². The molecular formula is C17H17ClN2O. The Morgan fingerprint density at radius 1 is 1.14 bits per heavy atom. The maximum absolute atomic E-state index is 12.7. The highest BCUT2D eigenvalue weighted by molar-refractivity contribution is 6.34. The fourth-order valence-corrected chi connectivity index (χ4v) is 3.02. The predicted molar refractivity (Wildman–Crippen MR) is 85.4 cm³/mol. The van der Waals surface area contributed by atoms with E-state index in [0.29, 0.717) is 22.8 Å². The van der Waals surface area contributed by atoms with Crippen molar-refractivity contribution in [3.8, 4) is 0 Å². The Morgan fingerprint density at radius 2 is 1.90 bits per heavy atom. The van der Waals surface area contributed by atoms with Crippen molar-refractivity contribution in [3.63, 3.8) is 0 Å². The van der Waals surface area contributed by atoms with Gasteiger partial charge in [-0.3, -0.25) is 4.79 Å². The predicted octanol–water partition coefficient (Wildman–Crippen LogP) is 3.51. The summed E-state index contributed by atoms with van der Waals surface area (Å²) in [5.41, 5.74) is 9.32. The number of nitrogens with zero attached hydrogens (tertiary/aromatic N) is 1. The van der Waals surface area contributed by atoms with Gasteiger partial charge in [-0.05, 0) is 42.2 Å². The van der Waals surface area contributed by atoms with Gasteiger partial charge in [-0.1, -0.05) is 35.9 Å². The molecule has 21 heavy (non-hydrogen) atoms. The van der Waals surface area contributed by atoms with Gasteiger partial charge in [-0.2, -0.15) is 0 Å². The molecule has 0 atom stereocenters. The summed E-state index contributed by atoms with van der Waals surface area (Å²) in [4.78, 5) is 14.6. The minimum absolute atomic E-state index is 0.0308. The first-order valence-electron chi connectivity index (χ1n) is 7.06. The van der Waals surface area contributed by atoms with Gasteiger partial charge >= 0.3 is 0 Å². The van der Waals surface area contributed by atoms with E-state index in [0.717, 1.165) is 19.4 Å². The third-order valence-electron chi connectivity index (χ3n) is 3.86. The second kappa shape index (κ2) is 5.78. The molecule has 1 heterocycles. The molecule has 2 aromatic rings. The van der Waals surface area contributed by atoms with Crippen molar-refractivity contribution < 1.29 is 4.79 Å². The maximum Gasteiger partial charge on any atom is 0.255 e. The number of nitrogens with two attached hydrogens (primary N) is 1. The van der Waals surface area contributed by atoms with Gasteiger partial charge < -0.3 is 10.6 Å². The molecule has 3 nitrogen and oxygen atoms in total. The number of benzene rings is 2. The molecule has 2 aromatic carbocycles. The van der Waals surface area contributed by atoms with E-state index in [4.69, 9.17) is 17.3 Å². The van der Waals surface area contributed by atoms with E-state index >= 15 is 0 Å². The van der Waals surface area contributed by atoms with Crippen molar-refractivity contribution in [2.24, 2.45) is 0 Å². The van der Waals surface area contributed by atoms with Gasteiger partial charge in [0, 0.05) is 18.8 Å². The van der Waals surface area contributed by atoms with Crippen molar-refractivity contribution in [3.05, 3.63) is 64.2 Å². The van der Waals surface area contributed by atoms with Gasteiger partial charge in [0.2, 0.25) is 0 Å². The van der Waals surface area contributed by atoms with Gasteiger partial charge in [0.15, 0.2) is 0 Å². The van der Waals surface area contributed by atoms with Gasteiger partial charge in [0.25, 0.3) is 5.91 Å². The lowest BCUT2D eigenvalue weighted by Crippen LogP contribution is -2.30. The SMILES string of the molecule is Nc1ccc(C(=O)N2CCCc3ccccc3C2)c(Cl)c1. The highest BCUT2D eigenvalue weighted by Gasteiger charge is 2.21. The summed E-state index contributed by atoms with van der Waals surface area (Å²) in [6.45, 7) is 1.38. The summed E-state index contributed by atoms with van der Waals surface area (Å²) < 4.78 is 0. The smallest absolute Gasteiger partial charge is 0.255 e. The fourth-order valence-electron chi connectivity index (χ4n) is 2.75. The average molecular weight is 301 g/mol. The van der Waals surface area contributed by atoms with Crippen LogP contribution in [0.5, 0.6) is 0 Å². The first-order valence-corrected chi connectivity index (χ1v) is 7.44. The van der Waals surface area contributed by atoms with Crippen molar-refractivity contribution in [1.82, 2.24) is 4.90 Å². The van der Waals surface area contributed by atoms with E-state index < -0.39 is 0 Å². The number of hydrogen-bond acceptors (Lipinski definition) is 2. The van der Waals surface area contributed by atoms with Gasteiger partial charge in [-0.15, -0.1) is 0 Å². The summed E-state index contributed by atoms with van der Waals surface area (Å²) >= 11 is 6.16. The van der Waals surface area contributed by atoms with Crippen LogP contribution in [0.3, 0.4) is 0 Å². The highest BCUT2D eigenvalue weighted by Crippen LogP contribution is 2.24. The van der Waals surface area contributed by atoms with Crippen molar-refractivity contribution in [2.75, 3.05) is 12.3 Å². The zero-order valence-electron chi connectivity index (χ0n) is 11.7. The first-order chi connectivity index (χ1) is 10.1. The molecular weight excluding hydrogens is 284 g/mol. The second-order valence-corrected chi connectivity index (χ2v) is 5.75. The Morgan fingerprint density at radius 3 is 2.67 bits per heavy atom. The summed E-state index contributed by atoms with van der Waals surface area (Å²) in [7, 11) is 0. The van der Waals surface area contributed by atoms with Crippen LogP contribution in [-0.2, 0) is 13.0 Å². The maximum atomic E-state index is 12.7. The number of carbonyl (C=O) groups excluding carboxylic acids is 1. The van der Waals surface area contributed by atoms with Crippen LogP contribution >= 0.6 is 11.6 Å².